The van der Waals surface area contributed by atoms with Gasteiger partial charge in [0, 0.05) is 6.92 Å². The van der Waals surface area contributed by atoms with Gasteiger partial charge in [-0.3, -0.25) is 13.9 Å². The van der Waals surface area contributed by atoms with Crippen LogP contribution < -0.4 is 5.32 Å². The number of nitrogens with one attached hydrogen (secondary N) is 1. The fourth-order valence-corrected chi connectivity index (χ4v) is 2.21. The first-order chi connectivity index (χ1) is 10.3. The molecule has 0 fully saturated rings. The van der Waals surface area contributed by atoms with Crippen LogP contribution in [-0.2, 0) is 38.8 Å². The lowest BCUT2D eigenvalue weighted by Crippen LogP contribution is -2.54. The first-order valence-electron chi connectivity index (χ1n) is 5.63. The standard InChI is InChI=1S/C8H15NO12S2/c1-4(11)9-5(2-10)7(13)8(21-23(17,18)19)6(12)3-20-22(14,15)16/h2,5-8,12-13H,3H2,1H3,(H,9,11)(H,14,15,16)(H,17,18,19)/t5-,6-,7-,8-/m1/s1. The van der Waals surface area contributed by atoms with Crippen LogP contribution in [0.1, 0.15) is 6.92 Å². The molecule has 0 aromatic rings. The largest absolute Gasteiger partial charge is 0.397 e. The second-order valence-corrected chi connectivity index (χ2v) is 6.26. The zero-order valence-electron chi connectivity index (χ0n) is 11.5. The highest BCUT2D eigenvalue weighted by Gasteiger charge is 2.38. The number of amides is 1. The Morgan fingerprint density at radius 1 is 1.17 bits per heavy atom. The number of carbonyl (C=O) groups excluding carboxylic acids is 2. The lowest BCUT2D eigenvalue weighted by molar-refractivity contribution is -0.128. The third-order valence-corrected chi connectivity index (χ3v) is 3.12. The molecule has 0 saturated heterocycles. The molecular weight excluding hydrogens is 366 g/mol. The predicted octanol–water partition coefficient (Wildman–Crippen LogP) is -3.58. The maximum atomic E-state index is 10.9. The first-order valence-corrected chi connectivity index (χ1v) is 8.36. The Labute approximate surface area is 131 Å². The highest BCUT2D eigenvalue weighted by atomic mass is 32.3. The normalized spacial score (nSPS) is 17.8. The molecular formula is C8H15NO12S2. The van der Waals surface area contributed by atoms with Crippen molar-refractivity contribution in [1.82, 2.24) is 5.32 Å². The number of aliphatic hydroxyl groups is 2. The summed E-state index contributed by atoms with van der Waals surface area (Å²) in [5.41, 5.74) is 0. The van der Waals surface area contributed by atoms with Crippen LogP contribution in [-0.4, -0.2) is 79.3 Å². The van der Waals surface area contributed by atoms with Crippen molar-refractivity contribution in [3.05, 3.63) is 0 Å². The molecule has 0 saturated carbocycles. The summed E-state index contributed by atoms with van der Waals surface area (Å²) in [6.45, 7) is -0.332. The zero-order chi connectivity index (χ0) is 18.4. The summed E-state index contributed by atoms with van der Waals surface area (Å²) in [6.07, 6.45) is -6.81. The molecule has 15 heteroatoms. The fourth-order valence-electron chi connectivity index (χ4n) is 1.38. The van der Waals surface area contributed by atoms with Crippen molar-refractivity contribution in [1.29, 1.82) is 0 Å². The molecule has 0 rings (SSSR count). The molecule has 0 spiro atoms. The Morgan fingerprint density at radius 2 is 1.70 bits per heavy atom. The molecule has 136 valence electrons. The van der Waals surface area contributed by atoms with E-state index in [0.717, 1.165) is 6.92 Å². The molecule has 13 nitrogen and oxygen atoms in total. The Hall–Kier alpha value is -1.20. The monoisotopic (exact) mass is 381 g/mol. The Kier molecular flexibility index (Phi) is 8.15. The second-order valence-electron chi connectivity index (χ2n) is 4.12. The van der Waals surface area contributed by atoms with Gasteiger partial charge in [-0.05, 0) is 0 Å². The Morgan fingerprint density at radius 3 is 2.04 bits per heavy atom. The van der Waals surface area contributed by atoms with Gasteiger partial charge in [-0.2, -0.15) is 16.8 Å². The van der Waals surface area contributed by atoms with Crippen LogP contribution in [0.5, 0.6) is 0 Å². The maximum absolute atomic E-state index is 10.9. The van der Waals surface area contributed by atoms with Crippen LogP contribution in [0.2, 0.25) is 0 Å². The summed E-state index contributed by atoms with van der Waals surface area (Å²) in [6, 6.07) is -1.76. The maximum Gasteiger partial charge on any atom is 0.397 e. The average molecular weight is 381 g/mol. The van der Waals surface area contributed by atoms with Gasteiger partial charge in [-0.15, -0.1) is 0 Å². The van der Waals surface area contributed by atoms with Crippen LogP contribution >= 0.6 is 0 Å². The minimum absolute atomic E-state index is 0.0250. The molecule has 23 heavy (non-hydrogen) atoms. The number of hydrogen-bond donors (Lipinski definition) is 5. The van der Waals surface area contributed by atoms with Crippen molar-refractivity contribution in [2.75, 3.05) is 6.61 Å². The number of carbonyl (C=O) groups is 2. The summed E-state index contributed by atoms with van der Waals surface area (Å²) >= 11 is 0. The van der Waals surface area contributed by atoms with Crippen LogP contribution in [0.25, 0.3) is 0 Å². The van der Waals surface area contributed by atoms with E-state index >= 15 is 0 Å². The van der Waals surface area contributed by atoms with Crippen molar-refractivity contribution in [3.8, 4) is 0 Å². The van der Waals surface area contributed by atoms with Gasteiger partial charge in [0.15, 0.2) is 0 Å². The average Bonchev–Trinajstić information content (AvgIpc) is 2.36. The van der Waals surface area contributed by atoms with Gasteiger partial charge in [0.1, 0.15) is 30.6 Å². The van der Waals surface area contributed by atoms with Crippen molar-refractivity contribution in [2.45, 2.75) is 31.3 Å². The van der Waals surface area contributed by atoms with Crippen molar-refractivity contribution >= 4 is 33.0 Å². The van der Waals surface area contributed by atoms with E-state index in [1.807, 2.05) is 5.32 Å². The summed E-state index contributed by atoms with van der Waals surface area (Å²) < 4.78 is 66.9. The van der Waals surface area contributed by atoms with E-state index in [-0.39, 0.29) is 6.29 Å². The minimum atomic E-state index is -5.25. The van der Waals surface area contributed by atoms with Gasteiger partial charge in [0.2, 0.25) is 5.91 Å². The number of hydrogen-bond acceptors (Lipinski definition) is 10. The number of rotatable bonds is 10. The molecule has 4 atom stereocenters. The molecule has 1 amide bonds. The second kappa shape index (κ2) is 8.60. The fraction of sp³-hybridized carbons (Fsp3) is 0.750. The zero-order valence-corrected chi connectivity index (χ0v) is 13.1. The first kappa shape index (κ1) is 21.8. The molecule has 0 unspecified atom stereocenters. The molecule has 0 aliphatic heterocycles. The Balaban J connectivity index is 5.33. The molecule has 0 aromatic carbocycles. The van der Waals surface area contributed by atoms with Crippen LogP contribution in [0.3, 0.4) is 0 Å². The molecule has 0 aromatic heterocycles. The van der Waals surface area contributed by atoms with E-state index in [4.69, 9.17) is 9.11 Å². The van der Waals surface area contributed by atoms with Crippen molar-refractivity contribution in [2.24, 2.45) is 0 Å². The van der Waals surface area contributed by atoms with Gasteiger partial charge in [-0.1, -0.05) is 0 Å². The van der Waals surface area contributed by atoms with E-state index in [9.17, 15) is 36.6 Å². The highest BCUT2D eigenvalue weighted by molar-refractivity contribution is 7.81. The van der Waals surface area contributed by atoms with Crippen LogP contribution in [0, 0.1) is 0 Å². The molecule has 0 radical (unpaired) electrons. The van der Waals surface area contributed by atoms with E-state index in [2.05, 4.69) is 8.37 Å². The van der Waals surface area contributed by atoms with Gasteiger partial charge in [-0.25, -0.2) is 8.37 Å². The third kappa shape index (κ3) is 9.51. The third-order valence-electron chi connectivity index (χ3n) is 2.22. The van der Waals surface area contributed by atoms with Crippen LogP contribution in [0.4, 0.5) is 0 Å². The van der Waals surface area contributed by atoms with Crippen molar-refractivity contribution < 1.29 is 54.1 Å². The molecule has 0 aliphatic rings. The number of aldehydes is 1. The molecule has 0 heterocycles. The smallest absolute Gasteiger partial charge is 0.388 e. The van der Waals surface area contributed by atoms with E-state index in [1.54, 1.807) is 0 Å². The highest BCUT2D eigenvalue weighted by Crippen LogP contribution is 2.13. The lowest BCUT2D eigenvalue weighted by atomic mass is 10.0. The summed E-state index contributed by atoms with van der Waals surface area (Å²) in [7, 11) is -10.3. The summed E-state index contributed by atoms with van der Waals surface area (Å²) in [5, 5.41) is 21.3. The summed E-state index contributed by atoms with van der Waals surface area (Å²) in [5.74, 6) is -0.810. The van der Waals surface area contributed by atoms with E-state index < -0.39 is 57.7 Å². The summed E-state index contributed by atoms with van der Waals surface area (Å²) in [4.78, 5) is 21.7. The van der Waals surface area contributed by atoms with Gasteiger partial charge in [0.25, 0.3) is 0 Å². The van der Waals surface area contributed by atoms with Gasteiger partial charge in [0.05, 0.1) is 6.61 Å². The SMILES string of the molecule is CC(=O)N[C@H](C=O)[C@@H](O)[C@H](OS(=O)(=O)O)[C@H](O)COS(=O)(=O)O. The minimum Gasteiger partial charge on any atom is -0.388 e. The molecule has 5 N–H and O–H groups in total. The number of aliphatic hydroxyl groups excluding tert-OH is 2. The molecule has 0 bridgehead atoms. The van der Waals surface area contributed by atoms with Crippen molar-refractivity contribution in [3.63, 3.8) is 0 Å². The quantitative estimate of drug-likeness (QED) is 0.183. The van der Waals surface area contributed by atoms with Gasteiger partial charge >= 0.3 is 20.8 Å². The predicted molar refractivity (Wildman–Crippen MR) is 69.6 cm³/mol. The topological polar surface area (TPSA) is 214 Å². The van der Waals surface area contributed by atoms with E-state index in [0.29, 0.717) is 0 Å². The lowest BCUT2D eigenvalue weighted by Gasteiger charge is -2.28. The Bertz CT molecular complexity index is 613. The van der Waals surface area contributed by atoms with E-state index in [1.165, 1.54) is 0 Å². The molecule has 0 aliphatic carbocycles. The van der Waals surface area contributed by atoms with Gasteiger partial charge < -0.3 is 20.3 Å². The van der Waals surface area contributed by atoms with Crippen LogP contribution in [0.15, 0.2) is 0 Å².